The molecule has 0 aliphatic carbocycles. The molecule has 0 rings (SSSR count). The van der Waals surface area contributed by atoms with Gasteiger partial charge in [0.25, 0.3) is 0 Å². The molecular formula is C9H20O. The lowest BCUT2D eigenvalue weighted by molar-refractivity contribution is 0.240. The molecule has 1 unspecified atom stereocenters. The number of hydrogen-bond donors (Lipinski definition) is 1. The van der Waals surface area contributed by atoms with Gasteiger partial charge < -0.3 is 5.11 Å². The molecule has 1 heteroatoms. The smallest absolute Gasteiger partial charge is 0.0433 e. The molecular weight excluding hydrogens is 124 g/mol. The van der Waals surface area contributed by atoms with Crippen LogP contribution in [0.2, 0.25) is 0 Å². The van der Waals surface area contributed by atoms with Crippen molar-refractivity contribution >= 4 is 0 Å². The van der Waals surface area contributed by atoms with Crippen molar-refractivity contribution in [3.63, 3.8) is 0 Å². The van der Waals surface area contributed by atoms with Crippen LogP contribution in [-0.2, 0) is 0 Å². The molecule has 0 fully saturated rings. The van der Waals surface area contributed by atoms with E-state index in [2.05, 4.69) is 20.8 Å². The van der Waals surface area contributed by atoms with E-state index in [9.17, 15) is 0 Å². The molecule has 0 spiro atoms. The Balaban J connectivity index is 3.39. The first-order valence-corrected chi connectivity index (χ1v) is 4.31. The lowest BCUT2D eigenvalue weighted by Gasteiger charge is -2.14. The van der Waals surface area contributed by atoms with Crippen molar-refractivity contribution in [3.8, 4) is 0 Å². The molecule has 0 saturated heterocycles. The third kappa shape index (κ3) is 4.80. The zero-order valence-corrected chi connectivity index (χ0v) is 7.43. The van der Waals surface area contributed by atoms with Gasteiger partial charge in [0.05, 0.1) is 0 Å². The second kappa shape index (κ2) is 5.72. The van der Waals surface area contributed by atoms with Crippen LogP contribution < -0.4 is 0 Å². The molecule has 1 atom stereocenters. The zero-order chi connectivity index (χ0) is 7.98. The van der Waals surface area contributed by atoms with Crippen LogP contribution in [-0.4, -0.2) is 11.7 Å². The fourth-order valence-electron chi connectivity index (χ4n) is 1.34. The predicted octanol–water partition coefficient (Wildman–Crippen LogP) is 2.44. The van der Waals surface area contributed by atoms with Crippen molar-refractivity contribution in [2.24, 2.45) is 11.8 Å². The number of hydrogen-bond acceptors (Lipinski definition) is 1. The van der Waals surface area contributed by atoms with Gasteiger partial charge in [-0.2, -0.15) is 0 Å². The first-order valence-electron chi connectivity index (χ1n) is 4.31. The normalized spacial score (nSPS) is 14.1. The predicted molar refractivity (Wildman–Crippen MR) is 44.9 cm³/mol. The lowest BCUT2D eigenvalue weighted by atomic mass is 9.92. The summed E-state index contributed by atoms with van der Waals surface area (Å²) in [6, 6.07) is 0. The minimum absolute atomic E-state index is 0.352. The van der Waals surface area contributed by atoms with Crippen LogP contribution in [0.3, 0.4) is 0 Å². The maximum atomic E-state index is 8.68. The quantitative estimate of drug-likeness (QED) is 0.628. The molecule has 0 aromatic heterocycles. The van der Waals surface area contributed by atoms with Crippen LogP contribution in [0, 0.1) is 11.8 Å². The molecule has 0 amide bonds. The molecule has 1 nitrogen and oxygen atoms in total. The first-order chi connectivity index (χ1) is 4.70. The summed E-state index contributed by atoms with van der Waals surface area (Å²) >= 11 is 0. The Morgan fingerprint density at radius 2 is 1.90 bits per heavy atom. The number of aliphatic hydroxyl groups excluding tert-OH is 1. The van der Waals surface area contributed by atoms with E-state index in [1.54, 1.807) is 0 Å². The summed E-state index contributed by atoms with van der Waals surface area (Å²) < 4.78 is 0. The summed E-state index contributed by atoms with van der Waals surface area (Å²) in [5.41, 5.74) is 0. The SMILES string of the molecule is CCC(CCO)CC(C)C. The van der Waals surface area contributed by atoms with Crippen LogP contribution in [0.1, 0.15) is 40.0 Å². The van der Waals surface area contributed by atoms with Gasteiger partial charge in [0.1, 0.15) is 0 Å². The molecule has 0 radical (unpaired) electrons. The number of aliphatic hydroxyl groups is 1. The van der Waals surface area contributed by atoms with Crippen LogP contribution in [0.4, 0.5) is 0 Å². The van der Waals surface area contributed by atoms with Gasteiger partial charge in [-0.1, -0.05) is 27.2 Å². The Kier molecular flexibility index (Phi) is 5.70. The standard InChI is InChI=1S/C9H20O/c1-4-9(5-6-10)7-8(2)3/h8-10H,4-7H2,1-3H3. The molecule has 0 aliphatic heterocycles. The van der Waals surface area contributed by atoms with E-state index in [4.69, 9.17) is 5.11 Å². The Labute approximate surface area is 64.5 Å². The largest absolute Gasteiger partial charge is 0.396 e. The first kappa shape index (κ1) is 9.96. The average molecular weight is 144 g/mol. The molecule has 0 aliphatic rings. The van der Waals surface area contributed by atoms with Crippen molar-refractivity contribution in [1.29, 1.82) is 0 Å². The summed E-state index contributed by atoms with van der Waals surface area (Å²) in [5.74, 6) is 1.52. The van der Waals surface area contributed by atoms with Crippen LogP contribution >= 0.6 is 0 Å². The van der Waals surface area contributed by atoms with E-state index in [1.165, 1.54) is 12.8 Å². The van der Waals surface area contributed by atoms with Gasteiger partial charge in [-0.25, -0.2) is 0 Å². The number of rotatable bonds is 5. The Morgan fingerprint density at radius 1 is 1.30 bits per heavy atom. The highest BCUT2D eigenvalue weighted by Crippen LogP contribution is 2.17. The van der Waals surface area contributed by atoms with Gasteiger partial charge in [0.15, 0.2) is 0 Å². The van der Waals surface area contributed by atoms with Gasteiger partial charge in [-0.15, -0.1) is 0 Å². The second-order valence-electron chi connectivity index (χ2n) is 3.42. The molecule has 1 N–H and O–H groups in total. The maximum absolute atomic E-state index is 8.68. The lowest BCUT2D eigenvalue weighted by Crippen LogP contribution is -2.05. The van der Waals surface area contributed by atoms with Gasteiger partial charge in [-0.05, 0) is 24.7 Å². The van der Waals surface area contributed by atoms with Crippen LogP contribution in [0.5, 0.6) is 0 Å². The molecule has 62 valence electrons. The fraction of sp³-hybridized carbons (Fsp3) is 1.00. The van der Waals surface area contributed by atoms with Crippen LogP contribution in [0.15, 0.2) is 0 Å². The molecule has 0 bridgehead atoms. The maximum Gasteiger partial charge on any atom is 0.0433 e. The van der Waals surface area contributed by atoms with Gasteiger partial charge in [0, 0.05) is 6.61 Å². The highest BCUT2D eigenvalue weighted by molar-refractivity contribution is 4.58. The van der Waals surface area contributed by atoms with Gasteiger partial charge in [0.2, 0.25) is 0 Å². The molecule has 0 heterocycles. The van der Waals surface area contributed by atoms with Crippen molar-refractivity contribution < 1.29 is 5.11 Å². The summed E-state index contributed by atoms with van der Waals surface area (Å²) in [4.78, 5) is 0. The van der Waals surface area contributed by atoms with Gasteiger partial charge in [-0.3, -0.25) is 0 Å². The third-order valence-electron chi connectivity index (χ3n) is 1.92. The van der Waals surface area contributed by atoms with E-state index in [0.29, 0.717) is 6.61 Å². The summed E-state index contributed by atoms with van der Waals surface area (Å²) in [6.45, 7) is 7.02. The van der Waals surface area contributed by atoms with Crippen molar-refractivity contribution in [1.82, 2.24) is 0 Å². The van der Waals surface area contributed by atoms with E-state index < -0.39 is 0 Å². The molecule has 0 aromatic rings. The summed E-state index contributed by atoms with van der Waals surface area (Å²) in [5, 5.41) is 8.68. The molecule has 10 heavy (non-hydrogen) atoms. The van der Waals surface area contributed by atoms with Crippen molar-refractivity contribution in [3.05, 3.63) is 0 Å². The Morgan fingerprint density at radius 3 is 2.20 bits per heavy atom. The van der Waals surface area contributed by atoms with Gasteiger partial charge >= 0.3 is 0 Å². The van der Waals surface area contributed by atoms with Crippen molar-refractivity contribution in [2.45, 2.75) is 40.0 Å². The molecule has 0 aromatic carbocycles. The third-order valence-corrected chi connectivity index (χ3v) is 1.92. The summed E-state index contributed by atoms with van der Waals surface area (Å²) in [7, 11) is 0. The minimum atomic E-state index is 0.352. The monoisotopic (exact) mass is 144 g/mol. The van der Waals surface area contributed by atoms with Crippen LogP contribution in [0.25, 0.3) is 0 Å². The highest BCUT2D eigenvalue weighted by atomic mass is 16.3. The molecule has 0 saturated carbocycles. The van der Waals surface area contributed by atoms with E-state index >= 15 is 0 Å². The van der Waals surface area contributed by atoms with E-state index in [-0.39, 0.29) is 0 Å². The fourth-order valence-corrected chi connectivity index (χ4v) is 1.34. The Hall–Kier alpha value is -0.0400. The minimum Gasteiger partial charge on any atom is -0.396 e. The van der Waals surface area contributed by atoms with Crippen molar-refractivity contribution in [2.75, 3.05) is 6.61 Å². The second-order valence-corrected chi connectivity index (χ2v) is 3.42. The van der Waals surface area contributed by atoms with E-state index in [1.807, 2.05) is 0 Å². The Bertz CT molecular complexity index is 69.1. The zero-order valence-electron chi connectivity index (χ0n) is 7.43. The van der Waals surface area contributed by atoms with E-state index in [0.717, 1.165) is 18.3 Å². The summed E-state index contributed by atoms with van der Waals surface area (Å²) in [6.07, 6.45) is 3.45. The average Bonchev–Trinajstić information content (AvgIpc) is 1.86. The topological polar surface area (TPSA) is 20.2 Å². The highest BCUT2D eigenvalue weighted by Gasteiger charge is 2.06.